The molecule has 0 bridgehead atoms. The van der Waals surface area contributed by atoms with Gasteiger partial charge in [0.1, 0.15) is 0 Å². The van der Waals surface area contributed by atoms with Gasteiger partial charge in [0.25, 0.3) is 0 Å². The van der Waals surface area contributed by atoms with Gasteiger partial charge in [0, 0.05) is 24.8 Å². The van der Waals surface area contributed by atoms with Gasteiger partial charge in [-0.15, -0.1) is 0 Å². The lowest BCUT2D eigenvalue weighted by atomic mass is 10.3. The van der Waals surface area contributed by atoms with E-state index in [0.717, 1.165) is 0 Å². The number of carbonyl (C=O) groups is 1. The van der Waals surface area contributed by atoms with E-state index in [4.69, 9.17) is 4.74 Å². The molecular formula is C10H7N3O2. The number of ether oxygens (including phenoxy) is 1. The zero-order valence-corrected chi connectivity index (χ0v) is 7.70. The van der Waals surface area contributed by atoms with Crippen molar-refractivity contribution < 1.29 is 9.53 Å². The van der Waals surface area contributed by atoms with Gasteiger partial charge in [-0.3, -0.25) is 9.97 Å². The molecule has 2 heterocycles. The molecule has 0 spiro atoms. The first kappa shape index (κ1) is 9.26. The van der Waals surface area contributed by atoms with Crippen molar-refractivity contribution in [3.05, 3.63) is 48.7 Å². The van der Waals surface area contributed by atoms with Crippen LogP contribution in [-0.4, -0.2) is 20.9 Å². The Morgan fingerprint density at radius 2 is 1.87 bits per heavy atom. The van der Waals surface area contributed by atoms with E-state index in [1.165, 1.54) is 31.0 Å². The largest absolute Gasteiger partial charge is 0.402 e. The highest BCUT2D eigenvalue weighted by Gasteiger charge is 2.07. The molecule has 0 atom stereocenters. The van der Waals surface area contributed by atoms with Gasteiger partial charge in [-0.05, 0) is 12.1 Å². The molecule has 15 heavy (non-hydrogen) atoms. The van der Waals surface area contributed by atoms with Gasteiger partial charge < -0.3 is 4.74 Å². The number of carbonyl (C=O) groups excluding carboxylic acids is 1. The van der Waals surface area contributed by atoms with E-state index >= 15 is 0 Å². The number of aromatic nitrogens is 3. The summed E-state index contributed by atoms with van der Waals surface area (Å²) in [6.07, 6.45) is 7.37. The molecule has 2 rings (SSSR count). The molecule has 5 heteroatoms. The van der Waals surface area contributed by atoms with Gasteiger partial charge in [-0.25, -0.2) is 9.78 Å². The summed E-state index contributed by atoms with van der Waals surface area (Å²) >= 11 is 0. The number of nitrogens with zero attached hydrogens (tertiary/aromatic N) is 3. The van der Waals surface area contributed by atoms with Crippen molar-refractivity contribution in [2.75, 3.05) is 0 Å². The lowest BCUT2D eigenvalue weighted by molar-refractivity contribution is 0.0726. The van der Waals surface area contributed by atoms with E-state index in [9.17, 15) is 4.79 Å². The van der Waals surface area contributed by atoms with Crippen LogP contribution in [0.4, 0.5) is 0 Å². The fourth-order valence-electron chi connectivity index (χ4n) is 0.980. The van der Waals surface area contributed by atoms with Crippen LogP contribution in [-0.2, 0) is 0 Å². The Hall–Kier alpha value is -2.30. The van der Waals surface area contributed by atoms with Crippen LogP contribution in [0.15, 0.2) is 43.1 Å². The van der Waals surface area contributed by atoms with Gasteiger partial charge in [-0.1, -0.05) is 0 Å². The lowest BCUT2D eigenvalue weighted by Gasteiger charge is -2.01. The first-order chi connectivity index (χ1) is 7.36. The molecule has 0 unspecified atom stereocenters. The third-order valence-electron chi connectivity index (χ3n) is 1.65. The first-order valence-corrected chi connectivity index (χ1v) is 4.24. The minimum atomic E-state index is -0.474. The number of hydrogen-bond acceptors (Lipinski definition) is 5. The van der Waals surface area contributed by atoms with Crippen molar-refractivity contribution in [2.24, 2.45) is 0 Å². The average molecular weight is 201 g/mol. The van der Waals surface area contributed by atoms with Gasteiger partial charge in [-0.2, -0.15) is 0 Å². The molecule has 0 fully saturated rings. The topological polar surface area (TPSA) is 65.0 Å². The molecule has 0 amide bonds. The second kappa shape index (κ2) is 4.28. The van der Waals surface area contributed by atoms with Crippen LogP contribution in [0.1, 0.15) is 10.4 Å². The molecule has 0 saturated carbocycles. The van der Waals surface area contributed by atoms with Crippen molar-refractivity contribution in [1.29, 1.82) is 0 Å². The predicted octanol–water partition coefficient (Wildman–Crippen LogP) is 1.09. The SMILES string of the molecule is O=C(Oc1cnccn1)c1ccncc1. The Morgan fingerprint density at radius 1 is 1.07 bits per heavy atom. The summed E-state index contributed by atoms with van der Waals surface area (Å²) in [5.41, 5.74) is 0.427. The zero-order valence-electron chi connectivity index (χ0n) is 7.70. The highest BCUT2D eigenvalue weighted by Crippen LogP contribution is 2.05. The second-order valence-electron chi connectivity index (χ2n) is 2.67. The van der Waals surface area contributed by atoms with Crippen molar-refractivity contribution in [2.45, 2.75) is 0 Å². The fourth-order valence-corrected chi connectivity index (χ4v) is 0.980. The van der Waals surface area contributed by atoms with Crippen LogP contribution in [0.25, 0.3) is 0 Å². The first-order valence-electron chi connectivity index (χ1n) is 4.24. The van der Waals surface area contributed by atoms with Crippen LogP contribution in [0.3, 0.4) is 0 Å². The quantitative estimate of drug-likeness (QED) is 0.680. The van der Waals surface area contributed by atoms with Crippen LogP contribution in [0, 0.1) is 0 Å². The van der Waals surface area contributed by atoms with Gasteiger partial charge in [0.05, 0.1) is 11.8 Å². The van der Waals surface area contributed by atoms with Crippen LogP contribution >= 0.6 is 0 Å². The normalized spacial score (nSPS) is 9.60. The number of hydrogen-bond donors (Lipinski definition) is 0. The molecule has 0 radical (unpaired) electrons. The van der Waals surface area contributed by atoms with Gasteiger partial charge in [0.2, 0.25) is 5.88 Å². The van der Waals surface area contributed by atoms with Crippen LogP contribution < -0.4 is 4.74 Å². The van der Waals surface area contributed by atoms with Crippen LogP contribution in [0.5, 0.6) is 5.88 Å². The molecule has 0 aliphatic rings. The predicted molar refractivity (Wildman–Crippen MR) is 51.2 cm³/mol. The van der Waals surface area contributed by atoms with Crippen molar-refractivity contribution >= 4 is 5.97 Å². The van der Waals surface area contributed by atoms with Crippen molar-refractivity contribution in [1.82, 2.24) is 15.0 Å². The number of pyridine rings is 1. The lowest BCUT2D eigenvalue weighted by Crippen LogP contribution is -2.09. The molecular weight excluding hydrogens is 194 g/mol. The van der Waals surface area contributed by atoms with Gasteiger partial charge in [0.15, 0.2) is 0 Å². The zero-order chi connectivity index (χ0) is 10.5. The van der Waals surface area contributed by atoms with Gasteiger partial charge >= 0.3 is 5.97 Å². The Morgan fingerprint density at radius 3 is 2.53 bits per heavy atom. The number of esters is 1. The molecule has 2 aromatic rings. The molecule has 0 aliphatic carbocycles. The van der Waals surface area contributed by atoms with E-state index in [-0.39, 0.29) is 5.88 Å². The molecule has 0 aromatic carbocycles. The Balaban J connectivity index is 2.12. The molecule has 74 valence electrons. The third-order valence-corrected chi connectivity index (χ3v) is 1.65. The Labute approximate surface area is 85.8 Å². The Kier molecular flexibility index (Phi) is 2.64. The van der Waals surface area contributed by atoms with E-state index in [2.05, 4.69) is 15.0 Å². The summed E-state index contributed by atoms with van der Waals surface area (Å²) in [6, 6.07) is 3.14. The monoisotopic (exact) mass is 201 g/mol. The average Bonchev–Trinajstić information content (AvgIpc) is 2.31. The third kappa shape index (κ3) is 2.34. The maximum Gasteiger partial charge on any atom is 0.345 e. The smallest absolute Gasteiger partial charge is 0.345 e. The molecule has 2 aromatic heterocycles. The second-order valence-corrected chi connectivity index (χ2v) is 2.67. The standard InChI is InChI=1S/C10H7N3O2/c14-10(8-1-3-11-4-2-8)15-9-7-12-5-6-13-9/h1-7H. The molecule has 0 saturated heterocycles. The summed E-state index contributed by atoms with van der Waals surface area (Å²) in [7, 11) is 0. The van der Waals surface area contributed by atoms with Crippen molar-refractivity contribution in [3.8, 4) is 5.88 Å². The summed E-state index contributed by atoms with van der Waals surface area (Å²) in [5.74, 6) is -0.294. The molecule has 0 aliphatic heterocycles. The number of rotatable bonds is 2. The molecule has 5 nitrogen and oxygen atoms in total. The van der Waals surface area contributed by atoms with E-state index < -0.39 is 5.97 Å². The fraction of sp³-hybridized carbons (Fsp3) is 0. The summed E-state index contributed by atoms with van der Waals surface area (Å²) in [6.45, 7) is 0. The minimum absolute atomic E-state index is 0.180. The highest BCUT2D eigenvalue weighted by molar-refractivity contribution is 5.90. The highest BCUT2D eigenvalue weighted by atomic mass is 16.5. The maximum absolute atomic E-state index is 11.5. The van der Waals surface area contributed by atoms with Crippen LogP contribution in [0.2, 0.25) is 0 Å². The van der Waals surface area contributed by atoms with Crippen molar-refractivity contribution in [3.63, 3.8) is 0 Å². The minimum Gasteiger partial charge on any atom is -0.402 e. The Bertz CT molecular complexity index is 445. The van der Waals surface area contributed by atoms with E-state index in [1.807, 2.05) is 0 Å². The maximum atomic E-state index is 11.5. The summed E-state index contributed by atoms with van der Waals surface area (Å²) in [5, 5.41) is 0. The summed E-state index contributed by atoms with van der Waals surface area (Å²) < 4.78 is 4.96. The molecule has 0 N–H and O–H groups in total. The van der Waals surface area contributed by atoms with E-state index in [0.29, 0.717) is 5.56 Å². The van der Waals surface area contributed by atoms with E-state index in [1.54, 1.807) is 12.1 Å². The summed E-state index contributed by atoms with van der Waals surface area (Å²) in [4.78, 5) is 22.9.